The summed E-state index contributed by atoms with van der Waals surface area (Å²) in [5, 5.41) is 6.53. The van der Waals surface area contributed by atoms with E-state index in [4.69, 9.17) is 11.6 Å². The number of carbonyl (C=O) groups is 2. The molecule has 1 heterocycles. The van der Waals surface area contributed by atoms with Gasteiger partial charge in [-0.15, -0.1) is 11.8 Å². The van der Waals surface area contributed by atoms with Gasteiger partial charge in [-0.05, 0) is 47.9 Å². The van der Waals surface area contributed by atoms with Crippen LogP contribution in [-0.2, 0) is 11.3 Å². The molecule has 1 aliphatic heterocycles. The zero-order chi connectivity index (χ0) is 17.8. The Kier molecular flexibility index (Phi) is 5.66. The normalized spacial score (nSPS) is 16.0. The molecule has 1 atom stereocenters. The van der Waals surface area contributed by atoms with E-state index < -0.39 is 0 Å². The number of carbonyl (C=O) groups excluding carboxylic acids is 2. The van der Waals surface area contributed by atoms with Gasteiger partial charge in [0, 0.05) is 34.7 Å². The second-order valence-electron chi connectivity index (χ2n) is 5.95. The van der Waals surface area contributed by atoms with Crippen LogP contribution in [0.2, 0.25) is 5.02 Å². The van der Waals surface area contributed by atoms with Gasteiger partial charge in [0.15, 0.2) is 0 Å². The van der Waals surface area contributed by atoms with E-state index in [0.717, 1.165) is 23.3 Å². The van der Waals surface area contributed by atoms with Gasteiger partial charge in [-0.3, -0.25) is 9.59 Å². The summed E-state index contributed by atoms with van der Waals surface area (Å²) in [7, 11) is 0. The molecule has 0 bridgehead atoms. The molecule has 0 aromatic heterocycles. The predicted molar refractivity (Wildman–Crippen MR) is 101 cm³/mol. The molecular weight excluding hydrogens is 356 g/mol. The molecule has 0 radical (unpaired) electrons. The summed E-state index contributed by atoms with van der Waals surface area (Å²) in [6.07, 6.45) is 0.879. The zero-order valence-electron chi connectivity index (χ0n) is 13.8. The van der Waals surface area contributed by atoms with Crippen LogP contribution in [0.15, 0.2) is 47.4 Å². The Bertz CT molecular complexity index is 793. The number of halogens is 1. The lowest BCUT2D eigenvalue weighted by Gasteiger charge is -2.26. The lowest BCUT2D eigenvalue weighted by atomic mass is 10.0. The molecular formula is C19H19ClN2O2S. The lowest BCUT2D eigenvalue weighted by Crippen LogP contribution is -2.30. The Morgan fingerprint density at radius 1 is 1.20 bits per heavy atom. The first-order valence-electron chi connectivity index (χ1n) is 8.09. The van der Waals surface area contributed by atoms with Crippen molar-refractivity contribution in [3.8, 4) is 0 Å². The van der Waals surface area contributed by atoms with E-state index in [0.29, 0.717) is 17.1 Å². The quantitative estimate of drug-likeness (QED) is 0.852. The molecule has 0 saturated carbocycles. The summed E-state index contributed by atoms with van der Waals surface area (Å²) in [5.74, 6) is 0.790. The van der Waals surface area contributed by atoms with Crippen LogP contribution in [0.4, 0.5) is 0 Å². The van der Waals surface area contributed by atoms with Crippen molar-refractivity contribution in [3.05, 3.63) is 64.2 Å². The number of hydrogen-bond donors (Lipinski definition) is 2. The fourth-order valence-electron chi connectivity index (χ4n) is 2.76. The molecule has 2 aromatic rings. The van der Waals surface area contributed by atoms with Crippen molar-refractivity contribution >= 4 is 35.2 Å². The van der Waals surface area contributed by atoms with Crippen molar-refractivity contribution in [2.75, 3.05) is 5.75 Å². The smallest absolute Gasteiger partial charge is 0.251 e. The van der Waals surface area contributed by atoms with Gasteiger partial charge in [-0.25, -0.2) is 0 Å². The highest BCUT2D eigenvalue weighted by Gasteiger charge is 2.23. The average Bonchev–Trinajstić information content (AvgIpc) is 2.61. The minimum Gasteiger partial charge on any atom is -0.352 e. The third-order valence-corrected chi connectivity index (χ3v) is 5.43. The number of thioether (sulfide) groups is 1. The molecule has 0 fully saturated rings. The second-order valence-corrected chi connectivity index (χ2v) is 7.53. The van der Waals surface area contributed by atoms with Gasteiger partial charge in [0.1, 0.15) is 0 Å². The first kappa shape index (κ1) is 17.8. The van der Waals surface area contributed by atoms with Gasteiger partial charge < -0.3 is 10.6 Å². The fourth-order valence-corrected chi connectivity index (χ4v) is 4.04. The monoisotopic (exact) mass is 374 g/mol. The van der Waals surface area contributed by atoms with Crippen LogP contribution in [0.25, 0.3) is 0 Å². The number of hydrogen-bond acceptors (Lipinski definition) is 3. The molecule has 130 valence electrons. The molecule has 4 nitrogen and oxygen atoms in total. The lowest BCUT2D eigenvalue weighted by molar-refractivity contribution is -0.119. The summed E-state index contributed by atoms with van der Waals surface area (Å²) in [6, 6.07) is 13.1. The van der Waals surface area contributed by atoms with Crippen LogP contribution in [0, 0.1) is 0 Å². The van der Waals surface area contributed by atoms with Crippen molar-refractivity contribution in [2.45, 2.75) is 30.8 Å². The number of fused-ring (bicyclic) bond motifs is 1. The Morgan fingerprint density at radius 3 is 2.68 bits per heavy atom. The largest absolute Gasteiger partial charge is 0.352 e. The van der Waals surface area contributed by atoms with E-state index in [1.54, 1.807) is 23.9 Å². The molecule has 3 rings (SSSR count). The molecule has 2 N–H and O–H groups in total. The standard InChI is InChI=1S/C19H19ClN2O2S/c1-12(23)21-11-13-2-4-14(5-3-13)19(24)22-17-8-9-25-18-7-6-15(20)10-16(17)18/h2-7,10,17H,8-9,11H2,1H3,(H,21,23)(H,22,24). The third kappa shape index (κ3) is 4.55. The van der Waals surface area contributed by atoms with Crippen LogP contribution in [-0.4, -0.2) is 17.6 Å². The molecule has 2 amide bonds. The minimum absolute atomic E-state index is 0.0264. The van der Waals surface area contributed by atoms with Gasteiger partial charge >= 0.3 is 0 Å². The maximum absolute atomic E-state index is 12.6. The van der Waals surface area contributed by atoms with Crippen molar-refractivity contribution in [3.63, 3.8) is 0 Å². The van der Waals surface area contributed by atoms with Crippen molar-refractivity contribution in [2.24, 2.45) is 0 Å². The predicted octanol–water partition coefficient (Wildman–Crippen LogP) is 3.94. The maximum atomic E-state index is 12.6. The Labute approximate surface area is 156 Å². The SMILES string of the molecule is CC(=O)NCc1ccc(C(=O)NC2CCSc3ccc(Cl)cc32)cc1. The minimum atomic E-state index is -0.103. The Balaban J connectivity index is 1.69. The molecule has 6 heteroatoms. The van der Waals surface area contributed by atoms with E-state index in [2.05, 4.69) is 10.6 Å². The molecule has 1 unspecified atom stereocenters. The Hall–Kier alpha value is -1.98. The van der Waals surface area contributed by atoms with Crippen molar-refractivity contribution in [1.29, 1.82) is 0 Å². The van der Waals surface area contributed by atoms with Gasteiger partial charge in [0.2, 0.25) is 5.91 Å². The molecule has 25 heavy (non-hydrogen) atoms. The van der Waals surface area contributed by atoms with Gasteiger partial charge in [0.05, 0.1) is 6.04 Å². The third-order valence-electron chi connectivity index (χ3n) is 4.07. The first-order valence-corrected chi connectivity index (χ1v) is 9.46. The van der Waals surface area contributed by atoms with Crippen molar-refractivity contribution in [1.82, 2.24) is 10.6 Å². The van der Waals surface area contributed by atoms with Gasteiger partial charge in [-0.2, -0.15) is 0 Å². The van der Waals surface area contributed by atoms with Crippen LogP contribution in [0.5, 0.6) is 0 Å². The van der Waals surface area contributed by atoms with Crippen LogP contribution < -0.4 is 10.6 Å². The van der Waals surface area contributed by atoms with E-state index in [-0.39, 0.29) is 17.9 Å². The van der Waals surface area contributed by atoms with E-state index in [1.165, 1.54) is 11.8 Å². The number of rotatable bonds is 4. The second kappa shape index (κ2) is 7.93. The molecule has 0 saturated heterocycles. The highest BCUT2D eigenvalue weighted by Crippen LogP contribution is 2.37. The number of benzene rings is 2. The van der Waals surface area contributed by atoms with Crippen molar-refractivity contribution < 1.29 is 9.59 Å². The number of amides is 2. The van der Waals surface area contributed by atoms with Gasteiger partial charge in [-0.1, -0.05) is 23.7 Å². The van der Waals surface area contributed by atoms with Crippen LogP contribution in [0.1, 0.15) is 40.9 Å². The zero-order valence-corrected chi connectivity index (χ0v) is 15.4. The van der Waals surface area contributed by atoms with Gasteiger partial charge in [0.25, 0.3) is 5.91 Å². The maximum Gasteiger partial charge on any atom is 0.251 e. The van der Waals surface area contributed by atoms with E-state index in [1.807, 2.05) is 30.3 Å². The van der Waals surface area contributed by atoms with Crippen LogP contribution in [0.3, 0.4) is 0 Å². The summed E-state index contributed by atoms with van der Waals surface area (Å²) < 4.78 is 0. The topological polar surface area (TPSA) is 58.2 Å². The van der Waals surface area contributed by atoms with Crippen LogP contribution >= 0.6 is 23.4 Å². The highest BCUT2D eigenvalue weighted by atomic mass is 35.5. The summed E-state index contributed by atoms with van der Waals surface area (Å²) in [5.41, 5.74) is 2.64. The molecule has 1 aliphatic rings. The molecule has 2 aromatic carbocycles. The first-order chi connectivity index (χ1) is 12.0. The molecule has 0 aliphatic carbocycles. The number of nitrogens with one attached hydrogen (secondary N) is 2. The summed E-state index contributed by atoms with van der Waals surface area (Å²) in [4.78, 5) is 24.7. The average molecular weight is 375 g/mol. The van der Waals surface area contributed by atoms with E-state index >= 15 is 0 Å². The Morgan fingerprint density at radius 2 is 1.96 bits per heavy atom. The van der Waals surface area contributed by atoms with E-state index in [9.17, 15) is 9.59 Å². The summed E-state index contributed by atoms with van der Waals surface area (Å²) in [6.45, 7) is 1.94. The molecule has 0 spiro atoms. The summed E-state index contributed by atoms with van der Waals surface area (Å²) >= 11 is 7.90. The highest BCUT2D eigenvalue weighted by molar-refractivity contribution is 7.99. The fraction of sp³-hybridized carbons (Fsp3) is 0.263.